The van der Waals surface area contributed by atoms with E-state index < -0.39 is 14.9 Å². The predicted molar refractivity (Wildman–Crippen MR) is 119 cm³/mol. The second kappa shape index (κ2) is 9.47. The minimum absolute atomic E-state index is 0.00784. The van der Waals surface area contributed by atoms with Crippen molar-refractivity contribution >= 4 is 50.4 Å². The predicted octanol–water partition coefficient (Wildman–Crippen LogP) is 5.06. The van der Waals surface area contributed by atoms with Crippen LogP contribution in [0.5, 0.6) is 0 Å². The van der Waals surface area contributed by atoms with Crippen LogP contribution in [0.3, 0.4) is 0 Å². The van der Waals surface area contributed by atoms with E-state index in [4.69, 9.17) is 23.2 Å². The fourth-order valence-corrected chi connectivity index (χ4v) is 4.25. The molecule has 0 aliphatic heterocycles. The maximum absolute atomic E-state index is 12.6. The van der Waals surface area contributed by atoms with E-state index in [0.717, 1.165) is 0 Å². The molecule has 0 aliphatic carbocycles. The number of nitrogens with one attached hydrogen (secondary N) is 1. The van der Waals surface area contributed by atoms with Crippen molar-refractivity contribution in [1.82, 2.24) is 0 Å². The van der Waals surface area contributed by atoms with E-state index in [-0.39, 0.29) is 39.9 Å². The summed E-state index contributed by atoms with van der Waals surface area (Å²) in [5, 5.41) is 11.6. The second-order valence-electron chi connectivity index (χ2n) is 6.66. The fraction of sp³-hybridized carbons (Fsp3) is 0.0952. The number of benzene rings is 3. The van der Waals surface area contributed by atoms with Gasteiger partial charge in [0.1, 0.15) is 5.78 Å². The number of sulfonamides is 1. The van der Waals surface area contributed by atoms with E-state index >= 15 is 0 Å². The van der Waals surface area contributed by atoms with Crippen LogP contribution in [0.2, 0.25) is 10.0 Å². The van der Waals surface area contributed by atoms with Gasteiger partial charge in [-0.05, 0) is 35.9 Å². The zero-order valence-corrected chi connectivity index (χ0v) is 18.2. The summed E-state index contributed by atoms with van der Waals surface area (Å²) in [5.41, 5.74) is 1.09. The van der Waals surface area contributed by atoms with Gasteiger partial charge >= 0.3 is 0 Å². The molecule has 0 fully saturated rings. The summed E-state index contributed by atoms with van der Waals surface area (Å²) in [6, 6.07) is 16.3. The van der Waals surface area contributed by atoms with Gasteiger partial charge in [-0.2, -0.15) is 0 Å². The molecule has 0 aromatic heterocycles. The van der Waals surface area contributed by atoms with Crippen LogP contribution in [0.4, 0.5) is 11.4 Å². The van der Waals surface area contributed by atoms with Gasteiger partial charge in [0.2, 0.25) is 0 Å². The monoisotopic (exact) mass is 478 g/mol. The van der Waals surface area contributed by atoms with Crippen molar-refractivity contribution in [2.45, 2.75) is 17.7 Å². The molecule has 0 heterocycles. The van der Waals surface area contributed by atoms with Gasteiger partial charge < -0.3 is 0 Å². The molecule has 0 saturated heterocycles. The van der Waals surface area contributed by atoms with Crippen LogP contribution >= 0.6 is 23.2 Å². The molecule has 0 bridgehead atoms. The topological polar surface area (TPSA) is 106 Å². The molecule has 0 spiro atoms. The van der Waals surface area contributed by atoms with Crippen LogP contribution in [-0.4, -0.2) is 19.1 Å². The lowest BCUT2D eigenvalue weighted by Crippen LogP contribution is -2.13. The summed E-state index contributed by atoms with van der Waals surface area (Å²) >= 11 is 11.7. The molecule has 3 rings (SSSR count). The highest BCUT2D eigenvalue weighted by atomic mass is 35.5. The Bertz CT molecular complexity index is 1240. The number of hydrogen-bond acceptors (Lipinski definition) is 5. The number of carbonyl (C=O) groups excluding carboxylic acids is 1. The average molecular weight is 479 g/mol. The number of nitrogens with zero attached hydrogens (tertiary/aromatic N) is 1. The lowest BCUT2D eigenvalue weighted by atomic mass is 10.0. The Morgan fingerprint density at radius 1 is 0.935 bits per heavy atom. The number of nitro benzene ring substituents is 1. The molecule has 31 heavy (non-hydrogen) atoms. The summed E-state index contributed by atoms with van der Waals surface area (Å²) in [6.45, 7) is 0. The van der Waals surface area contributed by atoms with Gasteiger partial charge in [0.05, 0.1) is 25.6 Å². The van der Waals surface area contributed by atoms with E-state index in [9.17, 15) is 23.3 Å². The van der Waals surface area contributed by atoms with Crippen molar-refractivity contribution in [1.29, 1.82) is 0 Å². The first-order chi connectivity index (χ1) is 14.7. The minimum Gasteiger partial charge on any atom is -0.299 e. The van der Waals surface area contributed by atoms with Crippen molar-refractivity contribution in [3.8, 4) is 0 Å². The van der Waals surface area contributed by atoms with Crippen LogP contribution in [0.15, 0.2) is 71.6 Å². The Morgan fingerprint density at radius 2 is 1.61 bits per heavy atom. The minimum atomic E-state index is -3.86. The first-order valence-electron chi connectivity index (χ1n) is 8.96. The highest BCUT2D eigenvalue weighted by molar-refractivity contribution is 7.92. The number of hydrogen-bond donors (Lipinski definition) is 1. The van der Waals surface area contributed by atoms with Crippen molar-refractivity contribution in [2.24, 2.45) is 0 Å². The molecular formula is C21H16Cl2N2O5S. The molecule has 0 amide bonds. The zero-order valence-electron chi connectivity index (χ0n) is 15.9. The normalized spacial score (nSPS) is 11.2. The molecule has 3 aromatic rings. The van der Waals surface area contributed by atoms with E-state index in [2.05, 4.69) is 4.72 Å². The quantitative estimate of drug-likeness (QED) is 0.359. The lowest BCUT2D eigenvalue weighted by Gasteiger charge is -2.10. The Kier molecular flexibility index (Phi) is 6.94. The largest absolute Gasteiger partial charge is 0.299 e. The molecule has 160 valence electrons. The van der Waals surface area contributed by atoms with E-state index in [1.165, 1.54) is 54.6 Å². The molecule has 1 N–H and O–H groups in total. The Labute approximate surface area is 188 Å². The van der Waals surface area contributed by atoms with Gasteiger partial charge in [-0.1, -0.05) is 53.5 Å². The van der Waals surface area contributed by atoms with Gasteiger partial charge in [-0.3, -0.25) is 19.6 Å². The highest BCUT2D eigenvalue weighted by Crippen LogP contribution is 2.26. The van der Waals surface area contributed by atoms with E-state index in [0.29, 0.717) is 16.1 Å². The third-order valence-corrected chi connectivity index (χ3v) is 6.52. The number of ketones is 1. The zero-order chi connectivity index (χ0) is 22.6. The van der Waals surface area contributed by atoms with Gasteiger partial charge in [-0.25, -0.2) is 8.42 Å². The molecular weight excluding hydrogens is 463 g/mol. The Morgan fingerprint density at radius 3 is 2.26 bits per heavy atom. The molecule has 3 aromatic carbocycles. The molecule has 0 aliphatic rings. The number of halogens is 2. The van der Waals surface area contributed by atoms with Crippen molar-refractivity contribution in [2.75, 3.05) is 4.72 Å². The first kappa shape index (κ1) is 22.7. The third-order valence-electron chi connectivity index (χ3n) is 4.38. The average Bonchev–Trinajstić information content (AvgIpc) is 2.71. The van der Waals surface area contributed by atoms with Crippen LogP contribution in [0, 0.1) is 10.1 Å². The summed E-state index contributed by atoms with van der Waals surface area (Å²) in [6.07, 6.45) is -0.0668. The number of Topliss-reactive ketones (excluding diaryl/α,β-unsaturated/α-hetero) is 1. The number of carbonyl (C=O) groups is 1. The fourth-order valence-electron chi connectivity index (χ4n) is 2.90. The Balaban J connectivity index is 1.69. The smallest absolute Gasteiger partial charge is 0.273 e. The van der Waals surface area contributed by atoms with Crippen molar-refractivity contribution in [3.63, 3.8) is 0 Å². The molecule has 0 unspecified atom stereocenters. The summed E-state index contributed by atoms with van der Waals surface area (Å²) in [7, 11) is -3.86. The lowest BCUT2D eigenvalue weighted by molar-refractivity contribution is -0.385. The summed E-state index contributed by atoms with van der Waals surface area (Å²) in [4.78, 5) is 22.9. The van der Waals surface area contributed by atoms with Crippen LogP contribution in [-0.2, 0) is 27.7 Å². The molecule has 10 heteroatoms. The molecule has 0 saturated carbocycles. The number of rotatable bonds is 8. The van der Waals surface area contributed by atoms with Crippen LogP contribution in [0.1, 0.15) is 11.1 Å². The third kappa shape index (κ3) is 5.81. The second-order valence-corrected chi connectivity index (χ2v) is 9.15. The summed E-state index contributed by atoms with van der Waals surface area (Å²) < 4.78 is 27.5. The molecule has 0 atom stereocenters. The van der Waals surface area contributed by atoms with Crippen LogP contribution in [0.25, 0.3) is 0 Å². The summed E-state index contributed by atoms with van der Waals surface area (Å²) in [5.74, 6) is -0.223. The van der Waals surface area contributed by atoms with Gasteiger partial charge in [0.15, 0.2) is 0 Å². The van der Waals surface area contributed by atoms with Crippen molar-refractivity contribution in [3.05, 3.63) is 98.0 Å². The first-order valence-corrected chi connectivity index (χ1v) is 11.2. The maximum atomic E-state index is 12.6. The van der Waals surface area contributed by atoms with Gasteiger partial charge in [-0.15, -0.1) is 0 Å². The van der Waals surface area contributed by atoms with Crippen molar-refractivity contribution < 1.29 is 18.1 Å². The standard InChI is InChI=1S/C21H16Cl2N2O5S/c22-19-10-7-16(13-20(19)23)24-31(29,30)18-8-5-14(6-9-18)11-17(26)12-15-3-1-2-4-21(15)25(27)28/h1-10,13,24H,11-12H2. The maximum Gasteiger partial charge on any atom is 0.273 e. The molecule has 7 nitrogen and oxygen atoms in total. The number of para-hydroxylation sites is 1. The Hall–Kier alpha value is -2.94. The molecule has 0 radical (unpaired) electrons. The van der Waals surface area contributed by atoms with E-state index in [1.54, 1.807) is 12.1 Å². The van der Waals surface area contributed by atoms with Crippen LogP contribution < -0.4 is 4.72 Å². The van der Waals surface area contributed by atoms with Gasteiger partial charge in [0.25, 0.3) is 15.7 Å². The SMILES string of the molecule is O=C(Cc1ccc(S(=O)(=O)Nc2ccc(Cl)c(Cl)c2)cc1)Cc1ccccc1[N+](=O)[O-]. The number of anilines is 1. The number of nitro groups is 1. The highest BCUT2D eigenvalue weighted by Gasteiger charge is 2.17. The van der Waals surface area contributed by atoms with Gasteiger partial charge in [0, 0.05) is 24.5 Å². The van der Waals surface area contributed by atoms with E-state index in [1.807, 2.05) is 0 Å².